The van der Waals surface area contributed by atoms with Crippen LogP contribution in [0.3, 0.4) is 0 Å². The molecule has 0 aliphatic rings. The Balaban J connectivity index is 2.04. The van der Waals surface area contributed by atoms with E-state index in [0.717, 1.165) is 5.69 Å². The molecule has 0 aliphatic heterocycles. The highest BCUT2D eigenvalue weighted by molar-refractivity contribution is 5.68. The van der Waals surface area contributed by atoms with Gasteiger partial charge in [-0.3, -0.25) is 4.98 Å². The van der Waals surface area contributed by atoms with Crippen LogP contribution in [-0.4, -0.2) is 20.5 Å². The monoisotopic (exact) mass is 344 g/mol. The van der Waals surface area contributed by atoms with Gasteiger partial charge in [0.2, 0.25) is 5.95 Å². The summed E-state index contributed by atoms with van der Waals surface area (Å²) in [6, 6.07) is 17.0. The van der Waals surface area contributed by atoms with Crippen molar-refractivity contribution in [3.05, 3.63) is 60.3 Å². The van der Waals surface area contributed by atoms with Crippen molar-refractivity contribution < 1.29 is 0 Å². The normalized spacial score (nSPS) is 10.8. The van der Waals surface area contributed by atoms with Crippen LogP contribution in [0.25, 0.3) is 11.4 Å². The van der Waals surface area contributed by atoms with Crippen LogP contribution in [0.4, 0.5) is 17.5 Å². The first kappa shape index (κ1) is 17.4. The predicted octanol–water partition coefficient (Wildman–Crippen LogP) is 4.36. The minimum Gasteiger partial charge on any atom is -0.350 e. The lowest BCUT2D eigenvalue weighted by Gasteiger charge is -2.21. The predicted molar refractivity (Wildman–Crippen MR) is 103 cm³/mol. The Morgan fingerprint density at radius 2 is 1.73 bits per heavy atom. The fourth-order valence-electron chi connectivity index (χ4n) is 2.38. The highest BCUT2D eigenvalue weighted by Crippen LogP contribution is 2.25. The van der Waals surface area contributed by atoms with Gasteiger partial charge in [-0.2, -0.15) is 10.2 Å². The lowest BCUT2D eigenvalue weighted by atomic mass is 10.1. The third kappa shape index (κ3) is 4.33. The first-order chi connectivity index (χ1) is 12.4. The average molecular weight is 344 g/mol. The van der Waals surface area contributed by atoms with E-state index in [1.807, 2.05) is 63.2 Å². The molecule has 0 amide bonds. The van der Waals surface area contributed by atoms with E-state index >= 15 is 0 Å². The van der Waals surface area contributed by atoms with Gasteiger partial charge in [0.25, 0.3) is 0 Å². The molecule has 0 unspecified atom stereocenters. The van der Waals surface area contributed by atoms with E-state index < -0.39 is 0 Å². The molecule has 0 spiro atoms. The third-order valence-corrected chi connectivity index (χ3v) is 3.45. The fourth-order valence-corrected chi connectivity index (χ4v) is 2.38. The Labute approximate surface area is 153 Å². The van der Waals surface area contributed by atoms with Gasteiger partial charge < -0.3 is 10.6 Å². The van der Waals surface area contributed by atoms with Gasteiger partial charge in [0.05, 0.1) is 22.6 Å². The summed E-state index contributed by atoms with van der Waals surface area (Å²) >= 11 is 0. The molecule has 0 fully saturated rings. The number of nitrogens with one attached hydrogen (secondary N) is 2. The smallest absolute Gasteiger partial charge is 0.225 e. The third-order valence-electron chi connectivity index (χ3n) is 3.45. The Bertz CT molecular complexity index is 939. The molecule has 3 rings (SSSR count). The SMILES string of the molecule is CC(C)(C)Nc1nc(Nc2ccccc2C#N)cc(-c2ccccn2)n1. The van der Waals surface area contributed by atoms with Gasteiger partial charge in [0.15, 0.2) is 0 Å². The van der Waals surface area contributed by atoms with E-state index in [1.165, 1.54) is 0 Å². The Kier molecular flexibility index (Phi) is 4.81. The van der Waals surface area contributed by atoms with E-state index in [0.29, 0.717) is 28.7 Å². The number of nitrogens with zero attached hydrogens (tertiary/aromatic N) is 4. The molecule has 0 bridgehead atoms. The van der Waals surface area contributed by atoms with E-state index in [1.54, 1.807) is 12.3 Å². The first-order valence-corrected chi connectivity index (χ1v) is 8.29. The van der Waals surface area contributed by atoms with Crippen molar-refractivity contribution in [2.45, 2.75) is 26.3 Å². The molecule has 26 heavy (non-hydrogen) atoms. The topological polar surface area (TPSA) is 86.5 Å². The largest absolute Gasteiger partial charge is 0.350 e. The van der Waals surface area contributed by atoms with Crippen molar-refractivity contribution in [1.82, 2.24) is 15.0 Å². The van der Waals surface area contributed by atoms with Crippen LogP contribution < -0.4 is 10.6 Å². The standard InChI is InChI=1S/C20H20N6/c1-20(2,3)26-19-24-17(16-10-6-7-11-22-16)12-18(25-19)23-15-9-5-4-8-14(15)13-21/h4-12H,1-3H3,(H2,23,24,25,26). The summed E-state index contributed by atoms with van der Waals surface area (Å²) in [5.74, 6) is 1.09. The zero-order valence-corrected chi connectivity index (χ0v) is 15.0. The summed E-state index contributed by atoms with van der Waals surface area (Å²) in [7, 11) is 0. The Morgan fingerprint density at radius 3 is 2.42 bits per heavy atom. The number of anilines is 3. The van der Waals surface area contributed by atoms with Gasteiger partial charge in [0, 0.05) is 17.8 Å². The van der Waals surface area contributed by atoms with E-state index in [9.17, 15) is 5.26 Å². The van der Waals surface area contributed by atoms with Gasteiger partial charge in [-0.25, -0.2) is 4.98 Å². The van der Waals surface area contributed by atoms with Crippen molar-refractivity contribution in [3.8, 4) is 17.5 Å². The van der Waals surface area contributed by atoms with Crippen molar-refractivity contribution in [2.75, 3.05) is 10.6 Å². The number of hydrogen-bond acceptors (Lipinski definition) is 6. The van der Waals surface area contributed by atoms with Crippen LogP contribution in [0.1, 0.15) is 26.3 Å². The minimum absolute atomic E-state index is 0.190. The van der Waals surface area contributed by atoms with E-state index in [2.05, 4.69) is 31.7 Å². The molecule has 0 radical (unpaired) electrons. The molecule has 0 atom stereocenters. The van der Waals surface area contributed by atoms with Crippen molar-refractivity contribution in [2.24, 2.45) is 0 Å². The molecular weight excluding hydrogens is 324 g/mol. The average Bonchev–Trinajstić information content (AvgIpc) is 2.61. The molecule has 3 aromatic rings. The lowest BCUT2D eigenvalue weighted by molar-refractivity contribution is 0.626. The summed E-state index contributed by atoms with van der Waals surface area (Å²) in [5, 5.41) is 15.8. The first-order valence-electron chi connectivity index (χ1n) is 8.29. The lowest BCUT2D eigenvalue weighted by Crippen LogP contribution is -2.27. The highest BCUT2D eigenvalue weighted by Gasteiger charge is 2.14. The van der Waals surface area contributed by atoms with Crippen LogP contribution in [0, 0.1) is 11.3 Å². The zero-order valence-electron chi connectivity index (χ0n) is 15.0. The van der Waals surface area contributed by atoms with Gasteiger partial charge in [-0.15, -0.1) is 0 Å². The molecular formula is C20H20N6. The van der Waals surface area contributed by atoms with Gasteiger partial charge in [-0.05, 0) is 45.0 Å². The number of hydrogen-bond donors (Lipinski definition) is 2. The summed E-state index contributed by atoms with van der Waals surface area (Å²) in [6.45, 7) is 6.13. The van der Waals surface area contributed by atoms with Crippen LogP contribution >= 0.6 is 0 Å². The van der Waals surface area contributed by atoms with E-state index in [4.69, 9.17) is 0 Å². The molecule has 2 heterocycles. The molecule has 130 valence electrons. The second-order valence-electron chi connectivity index (χ2n) is 6.83. The molecule has 0 saturated carbocycles. The van der Waals surface area contributed by atoms with Gasteiger partial charge in [0.1, 0.15) is 11.9 Å². The zero-order chi connectivity index (χ0) is 18.6. The summed E-state index contributed by atoms with van der Waals surface area (Å²) in [4.78, 5) is 13.5. The van der Waals surface area contributed by atoms with Gasteiger partial charge in [-0.1, -0.05) is 18.2 Å². The van der Waals surface area contributed by atoms with Crippen LogP contribution in [0.15, 0.2) is 54.7 Å². The minimum atomic E-state index is -0.190. The summed E-state index contributed by atoms with van der Waals surface area (Å²) in [6.07, 6.45) is 1.73. The molecule has 6 heteroatoms. The highest BCUT2D eigenvalue weighted by atomic mass is 15.2. The molecule has 0 aliphatic carbocycles. The van der Waals surface area contributed by atoms with Crippen molar-refractivity contribution in [3.63, 3.8) is 0 Å². The van der Waals surface area contributed by atoms with Crippen molar-refractivity contribution >= 4 is 17.5 Å². The second kappa shape index (κ2) is 7.19. The number of para-hydroxylation sites is 1. The Morgan fingerprint density at radius 1 is 0.962 bits per heavy atom. The van der Waals surface area contributed by atoms with E-state index in [-0.39, 0.29) is 5.54 Å². The number of pyridine rings is 1. The van der Waals surface area contributed by atoms with Crippen LogP contribution in [-0.2, 0) is 0 Å². The van der Waals surface area contributed by atoms with Crippen LogP contribution in [0.5, 0.6) is 0 Å². The van der Waals surface area contributed by atoms with Crippen LogP contribution in [0.2, 0.25) is 0 Å². The molecule has 6 nitrogen and oxygen atoms in total. The summed E-state index contributed by atoms with van der Waals surface area (Å²) in [5.41, 5.74) is 2.51. The maximum Gasteiger partial charge on any atom is 0.225 e. The maximum atomic E-state index is 9.29. The molecule has 2 aromatic heterocycles. The Hall–Kier alpha value is -3.46. The molecule has 2 N–H and O–H groups in total. The molecule has 1 aromatic carbocycles. The quantitative estimate of drug-likeness (QED) is 0.731. The van der Waals surface area contributed by atoms with Gasteiger partial charge >= 0.3 is 0 Å². The number of nitriles is 1. The van der Waals surface area contributed by atoms with Crippen molar-refractivity contribution in [1.29, 1.82) is 5.26 Å². The maximum absolute atomic E-state index is 9.29. The number of benzene rings is 1. The number of rotatable bonds is 4. The second-order valence-corrected chi connectivity index (χ2v) is 6.83. The fraction of sp³-hybridized carbons (Fsp3) is 0.200. The summed E-state index contributed by atoms with van der Waals surface area (Å²) < 4.78 is 0. The molecule has 0 saturated heterocycles. The number of aromatic nitrogens is 3.